The molecule has 3 nitrogen and oxygen atoms in total. The summed E-state index contributed by atoms with van der Waals surface area (Å²) in [7, 11) is 0. The van der Waals surface area contributed by atoms with Gasteiger partial charge in [-0.2, -0.15) is 0 Å². The molecule has 19 heavy (non-hydrogen) atoms. The lowest BCUT2D eigenvalue weighted by Gasteiger charge is -2.12. The van der Waals surface area contributed by atoms with Crippen molar-refractivity contribution in [2.45, 2.75) is 24.1 Å². The summed E-state index contributed by atoms with van der Waals surface area (Å²) < 4.78 is 5.12. The van der Waals surface area contributed by atoms with Gasteiger partial charge in [0.05, 0.1) is 17.4 Å². The highest BCUT2D eigenvalue weighted by molar-refractivity contribution is 9.09. The molecule has 1 aliphatic heterocycles. The van der Waals surface area contributed by atoms with Crippen LogP contribution in [0.5, 0.6) is 0 Å². The number of nitrogens with one attached hydrogen (secondary N) is 1. The van der Waals surface area contributed by atoms with E-state index in [0.717, 1.165) is 24.1 Å². The molecule has 1 aromatic heterocycles. The molecule has 0 saturated heterocycles. The molecular formula is C15H14BrNO2. The van der Waals surface area contributed by atoms with Gasteiger partial charge in [0.2, 0.25) is 5.91 Å². The second-order valence-corrected chi connectivity index (χ2v) is 5.65. The Balaban J connectivity index is 1.93. The molecule has 0 radical (unpaired) electrons. The molecule has 1 atom stereocenters. The maximum atomic E-state index is 11.5. The SMILES string of the molecule is O=C1CCCc2cc(C(Br)c3ccoc3)ccc2N1. The number of rotatable bonds is 2. The van der Waals surface area contributed by atoms with Crippen molar-refractivity contribution in [2.75, 3.05) is 5.32 Å². The number of carbonyl (C=O) groups excluding carboxylic acids is 1. The van der Waals surface area contributed by atoms with Gasteiger partial charge in [-0.1, -0.05) is 28.1 Å². The van der Waals surface area contributed by atoms with Gasteiger partial charge in [-0.15, -0.1) is 0 Å². The number of alkyl halides is 1. The Morgan fingerprint density at radius 3 is 2.89 bits per heavy atom. The highest BCUT2D eigenvalue weighted by Crippen LogP contribution is 2.34. The fourth-order valence-electron chi connectivity index (χ4n) is 2.36. The third-order valence-corrected chi connectivity index (χ3v) is 4.44. The van der Waals surface area contributed by atoms with Gasteiger partial charge in [0, 0.05) is 17.7 Å². The smallest absolute Gasteiger partial charge is 0.224 e. The third-order valence-electron chi connectivity index (χ3n) is 3.38. The first-order valence-electron chi connectivity index (χ1n) is 6.33. The van der Waals surface area contributed by atoms with Gasteiger partial charge in [0.1, 0.15) is 0 Å². The second-order valence-electron chi connectivity index (χ2n) is 4.74. The average Bonchev–Trinajstić information content (AvgIpc) is 2.87. The summed E-state index contributed by atoms with van der Waals surface area (Å²) in [5, 5.41) is 2.95. The number of benzene rings is 1. The minimum Gasteiger partial charge on any atom is -0.472 e. The third kappa shape index (κ3) is 2.59. The first-order chi connectivity index (χ1) is 9.24. The van der Waals surface area contributed by atoms with Crippen molar-refractivity contribution in [3.8, 4) is 0 Å². The van der Waals surface area contributed by atoms with Gasteiger partial charge < -0.3 is 9.73 Å². The summed E-state index contributed by atoms with van der Waals surface area (Å²) in [6, 6.07) is 8.14. The van der Waals surface area contributed by atoms with Gasteiger partial charge >= 0.3 is 0 Å². The van der Waals surface area contributed by atoms with Gasteiger partial charge in [-0.25, -0.2) is 0 Å². The number of fused-ring (bicyclic) bond motifs is 1. The molecule has 2 aromatic rings. The topological polar surface area (TPSA) is 42.2 Å². The lowest BCUT2D eigenvalue weighted by atomic mass is 10.0. The lowest BCUT2D eigenvalue weighted by molar-refractivity contribution is -0.116. The first-order valence-corrected chi connectivity index (χ1v) is 7.24. The Kier molecular flexibility index (Phi) is 3.42. The van der Waals surface area contributed by atoms with Crippen LogP contribution in [0.2, 0.25) is 0 Å². The van der Waals surface area contributed by atoms with Crippen LogP contribution in [0.1, 0.15) is 34.4 Å². The Hall–Kier alpha value is -1.55. The first kappa shape index (κ1) is 12.5. The molecule has 2 heterocycles. The largest absolute Gasteiger partial charge is 0.472 e. The molecule has 0 aliphatic carbocycles. The fourth-order valence-corrected chi connectivity index (χ4v) is 2.91. The Bertz CT molecular complexity index is 592. The quantitative estimate of drug-likeness (QED) is 0.849. The Labute approximate surface area is 120 Å². The molecule has 0 bridgehead atoms. The van der Waals surface area contributed by atoms with E-state index in [2.05, 4.69) is 27.3 Å². The zero-order valence-electron chi connectivity index (χ0n) is 10.4. The minimum atomic E-state index is 0.108. The highest BCUT2D eigenvalue weighted by atomic mass is 79.9. The number of halogens is 1. The van der Waals surface area contributed by atoms with Crippen LogP contribution in [-0.4, -0.2) is 5.91 Å². The van der Waals surface area contributed by atoms with E-state index in [1.807, 2.05) is 18.2 Å². The molecule has 0 fully saturated rings. The van der Waals surface area contributed by atoms with E-state index in [-0.39, 0.29) is 10.7 Å². The number of anilines is 1. The predicted octanol–water partition coefficient (Wildman–Crippen LogP) is 4.04. The van der Waals surface area contributed by atoms with Crippen molar-refractivity contribution < 1.29 is 9.21 Å². The zero-order chi connectivity index (χ0) is 13.2. The highest BCUT2D eigenvalue weighted by Gasteiger charge is 2.16. The van der Waals surface area contributed by atoms with Gasteiger partial charge in [0.25, 0.3) is 0 Å². The minimum absolute atomic E-state index is 0.108. The van der Waals surface area contributed by atoms with E-state index >= 15 is 0 Å². The van der Waals surface area contributed by atoms with Crippen LogP contribution in [0, 0.1) is 0 Å². The molecule has 1 N–H and O–H groups in total. The lowest BCUT2D eigenvalue weighted by Crippen LogP contribution is -2.09. The van der Waals surface area contributed by atoms with Crippen molar-refractivity contribution in [3.63, 3.8) is 0 Å². The van der Waals surface area contributed by atoms with Crippen LogP contribution >= 0.6 is 15.9 Å². The van der Waals surface area contributed by atoms with E-state index in [1.165, 1.54) is 11.1 Å². The number of hydrogen-bond acceptors (Lipinski definition) is 2. The molecule has 1 amide bonds. The summed E-state index contributed by atoms with van der Waals surface area (Å²) in [6.45, 7) is 0. The summed E-state index contributed by atoms with van der Waals surface area (Å²) in [5.74, 6) is 0.108. The molecule has 1 unspecified atom stereocenters. The second kappa shape index (κ2) is 5.21. The van der Waals surface area contributed by atoms with E-state index in [1.54, 1.807) is 12.5 Å². The van der Waals surface area contributed by atoms with Crippen LogP contribution in [-0.2, 0) is 11.2 Å². The average molecular weight is 320 g/mol. The molecule has 1 aliphatic rings. The predicted molar refractivity (Wildman–Crippen MR) is 77.5 cm³/mol. The van der Waals surface area contributed by atoms with E-state index in [0.29, 0.717) is 6.42 Å². The fraction of sp³-hybridized carbons (Fsp3) is 0.267. The number of amides is 1. The molecule has 0 spiro atoms. The molecule has 3 rings (SSSR count). The van der Waals surface area contributed by atoms with E-state index in [4.69, 9.17) is 4.42 Å². The molecule has 1 aromatic carbocycles. The zero-order valence-corrected chi connectivity index (χ0v) is 11.9. The van der Waals surface area contributed by atoms with Crippen LogP contribution in [0.3, 0.4) is 0 Å². The normalized spacial score (nSPS) is 16.4. The molecule has 4 heteroatoms. The van der Waals surface area contributed by atoms with Crippen molar-refractivity contribution in [1.82, 2.24) is 0 Å². The molecular weight excluding hydrogens is 306 g/mol. The van der Waals surface area contributed by atoms with E-state index in [9.17, 15) is 4.79 Å². The molecule has 98 valence electrons. The number of furan rings is 1. The number of aryl methyl sites for hydroxylation is 1. The Morgan fingerprint density at radius 1 is 1.21 bits per heavy atom. The Morgan fingerprint density at radius 2 is 2.11 bits per heavy atom. The van der Waals surface area contributed by atoms with Crippen LogP contribution < -0.4 is 5.32 Å². The van der Waals surface area contributed by atoms with Crippen LogP contribution in [0.4, 0.5) is 5.69 Å². The van der Waals surface area contributed by atoms with Gasteiger partial charge in [-0.05, 0) is 36.1 Å². The standard InChI is InChI=1S/C15H14BrNO2/c16-15(12-6-7-19-9-12)11-4-5-13-10(8-11)2-1-3-14(18)17-13/h4-9,15H,1-3H2,(H,17,18). The monoisotopic (exact) mass is 319 g/mol. The number of hydrogen-bond donors (Lipinski definition) is 1. The molecule has 0 saturated carbocycles. The number of carbonyl (C=O) groups is 1. The summed E-state index contributed by atoms with van der Waals surface area (Å²) in [4.78, 5) is 11.6. The van der Waals surface area contributed by atoms with Gasteiger partial charge in [-0.3, -0.25) is 4.79 Å². The van der Waals surface area contributed by atoms with Crippen molar-refractivity contribution in [3.05, 3.63) is 53.5 Å². The van der Waals surface area contributed by atoms with Crippen LogP contribution in [0.15, 0.2) is 41.2 Å². The van der Waals surface area contributed by atoms with E-state index < -0.39 is 0 Å². The van der Waals surface area contributed by atoms with Crippen LogP contribution in [0.25, 0.3) is 0 Å². The summed E-state index contributed by atoms with van der Waals surface area (Å²) >= 11 is 3.69. The van der Waals surface area contributed by atoms with Gasteiger partial charge in [0.15, 0.2) is 0 Å². The maximum Gasteiger partial charge on any atom is 0.224 e. The maximum absolute atomic E-state index is 11.5. The van der Waals surface area contributed by atoms with Crippen molar-refractivity contribution >= 4 is 27.5 Å². The summed E-state index contributed by atoms with van der Waals surface area (Å²) in [5.41, 5.74) is 4.42. The summed E-state index contributed by atoms with van der Waals surface area (Å²) in [6.07, 6.45) is 5.86. The van der Waals surface area contributed by atoms with Crippen molar-refractivity contribution in [1.29, 1.82) is 0 Å². The van der Waals surface area contributed by atoms with Crippen molar-refractivity contribution in [2.24, 2.45) is 0 Å².